The summed E-state index contributed by atoms with van der Waals surface area (Å²) in [4.78, 5) is 55.6. The number of fused-ring (bicyclic) bond motifs is 3. The number of ether oxygens (including phenoxy) is 9. The summed E-state index contributed by atoms with van der Waals surface area (Å²) in [5.41, 5.74) is 9.44. The van der Waals surface area contributed by atoms with E-state index in [2.05, 4.69) is 35.8 Å². The molecule has 6 aromatic rings. The van der Waals surface area contributed by atoms with Crippen molar-refractivity contribution in [2.24, 2.45) is 0 Å². The minimum absolute atomic E-state index is 0.00408. The van der Waals surface area contributed by atoms with E-state index in [0.29, 0.717) is 71.0 Å². The van der Waals surface area contributed by atoms with Crippen molar-refractivity contribution in [3.05, 3.63) is 147 Å². The Morgan fingerprint density at radius 1 is 0.385 bits per heavy atom. The highest BCUT2D eigenvalue weighted by Gasteiger charge is 2.32. The molecule has 0 saturated heterocycles. The first-order valence-corrected chi connectivity index (χ1v) is 26.1. The molecule has 0 aromatic heterocycles. The van der Waals surface area contributed by atoms with Crippen LogP contribution in [0.5, 0.6) is 63.2 Å². The molecule has 408 valence electrons. The van der Waals surface area contributed by atoms with E-state index in [1.54, 1.807) is 33.5 Å². The van der Waals surface area contributed by atoms with Gasteiger partial charge in [0.05, 0.1) is 21.3 Å². The number of likely N-dealkylation sites (N-methyl/N-ethyl adjacent to an activating group) is 3. The van der Waals surface area contributed by atoms with Gasteiger partial charge in [0, 0.05) is 65.5 Å². The summed E-state index contributed by atoms with van der Waals surface area (Å²) >= 11 is 0. The second kappa shape index (κ2) is 23.8. The lowest BCUT2D eigenvalue weighted by Crippen LogP contribution is -2.33. The summed E-state index contributed by atoms with van der Waals surface area (Å²) in [6.45, 7) is 7.89. The second-order valence-corrected chi connectivity index (χ2v) is 20.2. The van der Waals surface area contributed by atoms with E-state index < -0.39 is 17.9 Å². The van der Waals surface area contributed by atoms with Crippen molar-refractivity contribution in [2.45, 2.75) is 84.3 Å². The third-order valence-electron chi connectivity index (χ3n) is 14.8. The highest BCUT2D eigenvalue weighted by molar-refractivity contribution is 5.72. The average molecular weight is 1060 g/mol. The van der Waals surface area contributed by atoms with Crippen LogP contribution in [0.1, 0.15) is 95.9 Å². The summed E-state index contributed by atoms with van der Waals surface area (Å²) in [5.74, 6) is 2.77. The molecule has 3 aliphatic rings. The Bertz CT molecular complexity index is 3250. The topological polar surface area (TPSA) is 161 Å². The number of benzene rings is 6. The molecule has 3 aliphatic heterocycles. The molecule has 16 heteroatoms. The highest BCUT2D eigenvalue weighted by atomic mass is 16.6. The van der Waals surface area contributed by atoms with E-state index in [4.69, 9.17) is 42.6 Å². The first-order chi connectivity index (χ1) is 37.5. The standard InChI is InChI=1S/C62H67N3O13/c1-36(66)73-46-15-11-40(12-16-46)25-50-48-34-61(56(71-9)31-44(48)19-22-63(50)5)77-58-29-42(14-18-53(58)74-37(2)67)27-52-49-35-62(57(72-10)32-45(49)21-24-65(52)7)78-59-28-41(13-17-54(59)75-38(3)68)26-51-47-33-60(76-39(4)69)55(70-8)30-43(47)20-23-64(51)6/h11-18,28-35,50-52H,19-27H2,1-10H3. The van der Waals surface area contributed by atoms with Crippen LogP contribution in [0.2, 0.25) is 0 Å². The van der Waals surface area contributed by atoms with E-state index >= 15 is 0 Å². The summed E-state index contributed by atoms with van der Waals surface area (Å²) in [7, 11) is 11.1. The zero-order valence-electron chi connectivity index (χ0n) is 46.0. The van der Waals surface area contributed by atoms with Crippen LogP contribution in [0.3, 0.4) is 0 Å². The van der Waals surface area contributed by atoms with Gasteiger partial charge in [-0.2, -0.15) is 0 Å². The number of rotatable bonds is 17. The predicted molar refractivity (Wildman–Crippen MR) is 292 cm³/mol. The van der Waals surface area contributed by atoms with Crippen molar-refractivity contribution >= 4 is 23.9 Å². The molecule has 0 aliphatic carbocycles. The molecule has 6 aromatic carbocycles. The molecule has 9 rings (SSSR count). The van der Waals surface area contributed by atoms with Crippen molar-refractivity contribution in [2.75, 3.05) is 62.1 Å². The summed E-state index contributed by atoms with van der Waals surface area (Å²) < 4.78 is 53.5. The van der Waals surface area contributed by atoms with Crippen LogP contribution >= 0.6 is 0 Å². The van der Waals surface area contributed by atoms with Crippen LogP contribution in [0.15, 0.2) is 97.1 Å². The molecule has 16 nitrogen and oxygen atoms in total. The monoisotopic (exact) mass is 1060 g/mol. The number of carbonyl (C=O) groups excluding carboxylic acids is 4. The van der Waals surface area contributed by atoms with Gasteiger partial charge in [-0.15, -0.1) is 0 Å². The largest absolute Gasteiger partial charge is 0.493 e. The van der Waals surface area contributed by atoms with Crippen molar-refractivity contribution in [1.82, 2.24) is 14.7 Å². The number of nitrogens with zero attached hydrogens (tertiary/aromatic N) is 3. The molecule has 0 spiro atoms. The van der Waals surface area contributed by atoms with Crippen LogP contribution in [-0.2, 0) is 57.7 Å². The van der Waals surface area contributed by atoms with Gasteiger partial charge in [0.2, 0.25) is 0 Å². The van der Waals surface area contributed by atoms with Crippen LogP contribution in [-0.4, -0.2) is 101 Å². The maximum atomic E-state index is 12.6. The zero-order chi connectivity index (χ0) is 55.4. The highest BCUT2D eigenvalue weighted by Crippen LogP contribution is 2.47. The van der Waals surface area contributed by atoms with Crippen LogP contribution in [0.4, 0.5) is 0 Å². The number of hydrogen-bond donors (Lipinski definition) is 0. The molecule has 0 N–H and O–H groups in total. The predicted octanol–water partition coefficient (Wildman–Crippen LogP) is 10.3. The van der Waals surface area contributed by atoms with Gasteiger partial charge in [-0.05, 0) is 183 Å². The van der Waals surface area contributed by atoms with Crippen LogP contribution < -0.4 is 42.6 Å². The van der Waals surface area contributed by atoms with Gasteiger partial charge in [0.15, 0.2) is 57.5 Å². The van der Waals surface area contributed by atoms with Crippen molar-refractivity contribution in [1.29, 1.82) is 0 Å². The van der Waals surface area contributed by atoms with Crippen LogP contribution in [0.25, 0.3) is 0 Å². The van der Waals surface area contributed by atoms with Gasteiger partial charge in [-0.1, -0.05) is 24.3 Å². The van der Waals surface area contributed by atoms with E-state index in [0.717, 1.165) is 89.0 Å². The molecule has 0 fully saturated rings. The maximum Gasteiger partial charge on any atom is 0.308 e. The summed E-state index contributed by atoms with van der Waals surface area (Å²) in [6, 6.07) is 30.5. The lowest BCUT2D eigenvalue weighted by molar-refractivity contribution is -0.132. The van der Waals surface area contributed by atoms with Crippen molar-refractivity contribution in [3.8, 4) is 63.2 Å². The Morgan fingerprint density at radius 2 is 0.705 bits per heavy atom. The SMILES string of the molecule is COc1cc2c(cc1OC(C)=O)C(Cc1ccc(OC(C)=O)c(Oc3cc4c(cc3OC)CCN(C)C4Cc3ccc(OC(C)=O)c(Oc4cc5c(cc4OC)CCN(C)C5Cc4ccc(OC(C)=O)cc4)c3)c1)N(C)CC2. The number of esters is 4. The van der Waals surface area contributed by atoms with E-state index in [-0.39, 0.29) is 35.6 Å². The Kier molecular flexibility index (Phi) is 16.7. The van der Waals surface area contributed by atoms with Gasteiger partial charge in [-0.3, -0.25) is 33.9 Å². The minimum atomic E-state index is -0.495. The fourth-order valence-electron chi connectivity index (χ4n) is 10.9. The van der Waals surface area contributed by atoms with Crippen LogP contribution in [0, 0.1) is 0 Å². The molecule has 3 unspecified atom stereocenters. The van der Waals surface area contributed by atoms with Gasteiger partial charge in [-0.25, -0.2) is 0 Å². The lowest BCUT2D eigenvalue weighted by atomic mass is 9.88. The molecule has 0 bridgehead atoms. The molecule has 0 radical (unpaired) electrons. The molecule has 0 amide bonds. The maximum absolute atomic E-state index is 12.6. The van der Waals surface area contributed by atoms with E-state index in [9.17, 15) is 19.2 Å². The van der Waals surface area contributed by atoms with Gasteiger partial charge in [0.1, 0.15) is 5.75 Å². The second-order valence-electron chi connectivity index (χ2n) is 20.2. The third-order valence-corrected chi connectivity index (χ3v) is 14.8. The van der Waals surface area contributed by atoms with E-state index in [1.165, 1.54) is 27.7 Å². The van der Waals surface area contributed by atoms with E-state index in [1.807, 2.05) is 84.9 Å². The Labute approximate surface area is 455 Å². The Balaban J connectivity index is 1.02. The number of carbonyl (C=O) groups is 4. The summed E-state index contributed by atoms with van der Waals surface area (Å²) in [5, 5.41) is 0. The summed E-state index contributed by atoms with van der Waals surface area (Å²) in [6.07, 6.45) is 4.19. The average Bonchev–Trinajstić information content (AvgIpc) is 3.40. The number of methoxy groups -OCH3 is 3. The fourth-order valence-corrected chi connectivity index (χ4v) is 10.9. The normalized spacial score (nSPS) is 17.1. The minimum Gasteiger partial charge on any atom is -0.493 e. The first kappa shape index (κ1) is 54.9. The smallest absolute Gasteiger partial charge is 0.308 e. The molecule has 78 heavy (non-hydrogen) atoms. The van der Waals surface area contributed by atoms with Gasteiger partial charge in [0.25, 0.3) is 0 Å². The molecule has 3 atom stereocenters. The van der Waals surface area contributed by atoms with Crippen molar-refractivity contribution in [3.63, 3.8) is 0 Å². The quantitative estimate of drug-likeness (QED) is 0.0626. The molecular formula is C62H67N3O13. The Hall–Kier alpha value is -7.92. The van der Waals surface area contributed by atoms with Gasteiger partial charge < -0.3 is 42.6 Å². The molecule has 3 heterocycles. The van der Waals surface area contributed by atoms with Crippen molar-refractivity contribution < 1.29 is 61.8 Å². The Morgan fingerprint density at radius 3 is 1.08 bits per heavy atom. The molecule has 0 saturated carbocycles. The molecular weight excluding hydrogens is 995 g/mol. The number of hydrogen-bond acceptors (Lipinski definition) is 16. The fraction of sp³-hybridized carbons (Fsp3) is 0.355. The first-order valence-electron chi connectivity index (χ1n) is 26.1. The zero-order valence-corrected chi connectivity index (χ0v) is 46.0. The van der Waals surface area contributed by atoms with Gasteiger partial charge >= 0.3 is 23.9 Å². The third kappa shape index (κ3) is 12.4. The lowest BCUT2D eigenvalue weighted by Gasteiger charge is -2.36.